The van der Waals surface area contributed by atoms with Gasteiger partial charge in [0.2, 0.25) is 0 Å². The minimum atomic E-state index is 0.333. The molecule has 0 aliphatic rings. The summed E-state index contributed by atoms with van der Waals surface area (Å²) in [7, 11) is 0. The van der Waals surface area contributed by atoms with Crippen LogP contribution >= 0.6 is 11.3 Å². The fourth-order valence-electron chi connectivity index (χ4n) is 2.15. The molecule has 3 heteroatoms. The van der Waals surface area contributed by atoms with Gasteiger partial charge in [0.25, 0.3) is 0 Å². The van der Waals surface area contributed by atoms with Crippen molar-refractivity contribution in [3.05, 3.63) is 21.9 Å². The van der Waals surface area contributed by atoms with Crippen molar-refractivity contribution >= 4 is 11.3 Å². The Morgan fingerprint density at radius 1 is 1.31 bits per heavy atom. The number of aryl methyl sites for hydroxylation is 1. The van der Waals surface area contributed by atoms with Crippen LogP contribution in [0.3, 0.4) is 0 Å². The lowest BCUT2D eigenvalue weighted by Gasteiger charge is -2.21. The topological polar surface area (TPSA) is 38.0 Å². The fourth-order valence-corrected chi connectivity index (χ4v) is 3.22. The van der Waals surface area contributed by atoms with Gasteiger partial charge in [-0.25, -0.2) is 0 Å². The number of hydrogen-bond acceptors (Lipinski definition) is 3. The Kier molecular flexibility index (Phi) is 6.03. The number of thiophene rings is 1. The molecule has 16 heavy (non-hydrogen) atoms. The van der Waals surface area contributed by atoms with E-state index in [-0.39, 0.29) is 0 Å². The molecule has 0 fully saturated rings. The van der Waals surface area contributed by atoms with Crippen LogP contribution in [0.2, 0.25) is 0 Å². The smallest absolute Gasteiger partial charge is 0.0558 e. The maximum Gasteiger partial charge on any atom is 0.0558 e. The van der Waals surface area contributed by atoms with Crippen molar-refractivity contribution in [2.45, 2.75) is 52.5 Å². The molecule has 0 radical (unpaired) electrons. The molecular weight excluding hydrogens is 216 g/mol. The standard InChI is InChI=1S/C13H24N2S/c1-4-10(5-2)9-12(15-14)13-11(6-3)7-8-16-13/h7-8,10,12,15H,4-6,9,14H2,1-3H3. The number of nitrogens with one attached hydrogen (secondary N) is 1. The molecule has 0 aromatic carbocycles. The van der Waals surface area contributed by atoms with E-state index in [0.717, 1.165) is 18.8 Å². The lowest BCUT2D eigenvalue weighted by Crippen LogP contribution is -2.29. The summed E-state index contributed by atoms with van der Waals surface area (Å²) in [4.78, 5) is 1.43. The van der Waals surface area contributed by atoms with E-state index in [4.69, 9.17) is 5.84 Å². The average molecular weight is 240 g/mol. The van der Waals surface area contributed by atoms with Gasteiger partial charge in [-0.1, -0.05) is 33.6 Å². The molecule has 0 aliphatic heterocycles. The summed E-state index contributed by atoms with van der Waals surface area (Å²) >= 11 is 1.83. The van der Waals surface area contributed by atoms with Crippen molar-refractivity contribution in [2.24, 2.45) is 11.8 Å². The second kappa shape index (κ2) is 7.05. The highest BCUT2D eigenvalue weighted by molar-refractivity contribution is 7.10. The van der Waals surface area contributed by atoms with Gasteiger partial charge in [-0.05, 0) is 35.8 Å². The van der Waals surface area contributed by atoms with E-state index in [1.54, 1.807) is 0 Å². The SMILES string of the molecule is CCc1ccsc1C(CC(CC)CC)NN. The third kappa shape index (κ3) is 3.30. The van der Waals surface area contributed by atoms with E-state index in [0.29, 0.717) is 6.04 Å². The predicted molar refractivity (Wildman–Crippen MR) is 72.5 cm³/mol. The first-order chi connectivity index (χ1) is 7.76. The molecule has 3 N–H and O–H groups in total. The molecule has 2 nitrogen and oxygen atoms in total. The van der Waals surface area contributed by atoms with Crippen LogP contribution in [0.25, 0.3) is 0 Å². The minimum Gasteiger partial charge on any atom is -0.271 e. The van der Waals surface area contributed by atoms with Crippen LogP contribution in [0.1, 0.15) is 56.5 Å². The van der Waals surface area contributed by atoms with Crippen LogP contribution in [-0.4, -0.2) is 0 Å². The zero-order valence-corrected chi connectivity index (χ0v) is 11.4. The highest BCUT2D eigenvalue weighted by atomic mass is 32.1. The molecule has 0 bridgehead atoms. The third-order valence-corrected chi connectivity index (χ3v) is 4.48. The van der Waals surface area contributed by atoms with E-state index in [9.17, 15) is 0 Å². The Labute approximate surface area is 103 Å². The van der Waals surface area contributed by atoms with Crippen molar-refractivity contribution in [2.75, 3.05) is 0 Å². The Balaban J connectivity index is 2.73. The Hall–Kier alpha value is -0.380. The molecule has 0 amide bonds. The quantitative estimate of drug-likeness (QED) is 0.564. The van der Waals surface area contributed by atoms with Crippen molar-refractivity contribution < 1.29 is 0 Å². The van der Waals surface area contributed by atoms with Gasteiger partial charge >= 0.3 is 0 Å². The molecule has 0 aliphatic carbocycles. The number of hydrogen-bond donors (Lipinski definition) is 2. The molecule has 1 heterocycles. The lowest BCUT2D eigenvalue weighted by molar-refractivity contribution is 0.377. The van der Waals surface area contributed by atoms with E-state index >= 15 is 0 Å². The van der Waals surface area contributed by atoms with E-state index in [1.165, 1.54) is 23.3 Å². The van der Waals surface area contributed by atoms with Crippen LogP contribution in [0.15, 0.2) is 11.4 Å². The van der Waals surface area contributed by atoms with Crippen LogP contribution < -0.4 is 11.3 Å². The Morgan fingerprint density at radius 3 is 2.50 bits per heavy atom. The Morgan fingerprint density at radius 2 is 2.00 bits per heavy atom. The second-order valence-electron chi connectivity index (χ2n) is 4.30. The number of hydrazine groups is 1. The summed E-state index contributed by atoms with van der Waals surface area (Å²) in [5.74, 6) is 6.47. The largest absolute Gasteiger partial charge is 0.271 e. The van der Waals surface area contributed by atoms with E-state index < -0.39 is 0 Å². The fraction of sp³-hybridized carbons (Fsp3) is 0.692. The van der Waals surface area contributed by atoms with E-state index in [1.807, 2.05) is 11.3 Å². The molecule has 1 rings (SSSR count). The van der Waals surface area contributed by atoms with Crippen molar-refractivity contribution in [1.29, 1.82) is 0 Å². The van der Waals surface area contributed by atoms with Crippen LogP contribution in [0.4, 0.5) is 0 Å². The van der Waals surface area contributed by atoms with Crippen LogP contribution in [-0.2, 0) is 6.42 Å². The van der Waals surface area contributed by atoms with Crippen LogP contribution in [0.5, 0.6) is 0 Å². The molecule has 0 spiro atoms. The highest BCUT2D eigenvalue weighted by Crippen LogP contribution is 2.30. The molecule has 0 saturated heterocycles. The van der Waals surface area contributed by atoms with Gasteiger partial charge < -0.3 is 0 Å². The summed E-state index contributed by atoms with van der Waals surface area (Å²) in [5.41, 5.74) is 4.43. The summed E-state index contributed by atoms with van der Waals surface area (Å²) in [6, 6.07) is 2.55. The van der Waals surface area contributed by atoms with Crippen LogP contribution in [0, 0.1) is 5.92 Å². The first-order valence-electron chi connectivity index (χ1n) is 6.29. The van der Waals surface area contributed by atoms with Gasteiger partial charge in [-0.15, -0.1) is 11.3 Å². The summed E-state index contributed by atoms with van der Waals surface area (Å²) in [6.07, 6.45) is 4.72. The van der Waals surface area contributed by atoms with Gasteiger partial charge in [-0.2, -0.15) is 0 Å². The molecule has 0 saturated carbocycles. The summed E-state index contributed by atoms with van der Waals surface area (Å²) in [6.45, 7) is 6.73. The monoisotopic (exact) mass is 240 g/mol. The van der Waals surface area contributed by atoms with Gasteiger partial charge in [0.05, 0.1) is 6.04 Å². The highest BCUT2D eigenvalue weighted by Gasteiger charge is 2.18. The molecule has 92 valence electrons. The normalized spacial score (nSPS) is 13.3. The van der Waals surface area contributed by atoms with Crippen molar-refractivity contribution in [3.8, 4) is 0 Å². The second-order valence-corrected chi connectivity index (χ2v) is 5.25. The zero-order chi connectivity index (χ0) is 12.0. The number of rotatable bonds is 7. The van der Waals surface area contributed by atoms with Gasteiger partial charge in [0.15, 0.2) is 0 Å². The first kappa shape index (κ1) is 13.7. The van der Waals surface area contributed by atoms with E-state index in [2.05, 4.69) is 37.6 Å². The minimum absolute atomic E-state index is 0.333. The van der Waals surface area contributed by atoms with Crippen molar-refractivity contribution in [1.82, 2.24) is 5.43 Å². The molecule has 1 atom stereocenters. The summed E-state index contributed by atoms with van der Waals surface area (Å²) in [5, 5.41) is 2.17. The van der Waals surface area contributed by atoms with Gasteiger partial charge in [0, 0.05) is 4.88 Å². The van der Waals surface area contributed by atoms with Gasteiger partial charge in [-0.3, -0.25) is 11.3 Å². The predicted octanol–water partition coefficient (Wildman–Crippen LogP) is 3.64. The zero-order valence-electron chi connectivity index (χ0n) is 10.6. The first-order valence-corrected chi connectivity index (χ1v) is 7.17. The molecular formula is C13H24N2S. The third-order valence-electron chi connectivity index (χ3n) is 3.40. The summed E-state index contributed by atoms with van der Waals surface area (Å²) < 4.78 is 0. The average Bonchev–Trinajstić information content (AvgIpc) is 2.79. The maximum atomic E-state index is 5.70. The molecule has 1 aromatic rings. The maximum absolute atomic E-state index is 5.70. The molecule has 1 aromatic heterocycles. The molecule has 1 unspecified atom stereocenters. The lowest BCUT2D eigenvalue weighted by atomic mass is 9.93. The Bertz CT molecular complexity index is 292. The number of nitrogens with two attached hydrogens (primary N) is 1. The van der Waals surface area contributed by atoms with Crippen molar-refractivity contribution in [3.63, 3.8) is 0 Å². The van der Waals surface area contributed by atoms with Gasteiger partial charge in [0.1, 0.15) is 0 Å².